The molecule has 10 nitrogen and oxygen atoms in total. The Bertz CT molecular complexity index is 6180. The average Bonchev–Trinajstić information content (AvgIpc) is 1.84. The number of benzene rings is 11. The largest absolute Gasteiger partial charge is 0.289 e. The van der Waals surface area contributed by atoms with Gasteiger partial charge >= 0.3 is 0 Å². The van der Waals surface area contributed by atoms with E-state index in [-0.39, 0.29) is 0 Å². The van der Waals surface area contributed by atoms with Crippen LogP contribution in [0.3, 0.4) is 0 Å². The van der Waals surface area contributed by atoms with Crippen molar-refractivity contribution < 1.29 is 0 Å². The normalized spacial score (nSPS) is 12.5. The number of nitrogens with zero attached hydrogens (tertiary/aromatic N) is 10. The van der Waals surface area contributed by atoms with E-state index in [1.54, 1.807) is 0 Å². The molecule has 0 amide bonds. The van der Waals surface area contributed by atoms with E-state index >= 15 is 0 Å². The van der Waals surface area contributed by atoms with E-state index in [9.17, 15) is 0 Å². The van der Waals surface area contributed by atoms with Gasteiger partial charge in [0.15, 0.2) is 11.3 Å². The zero-order chi connectivity index (χ0) is 54.5. The summed E-state index contributed by atoms with van der Waals surface area (Å²) in [6, 6.07) is 86.4. The zero-order valence-electron chi connectivity index (χ0n) is 44.6. The van der Waals surface area contributed by atoms with Crippen molar-refractivity contribution in [1.82, 2.24) is 47.8 Å². The SMILES string of the molecule is c1ccc2c(c1)-c1cccc3nc(-n4c5ccccc5c5c4nc4c6ccc(-c7ccc(-c8nc(-n9c%10ccccc%10c%10c9nc9c%11ccccc%11c%11ccccc%11n9%10)nc9c8ccc8ccccc89)cc7)cc6c6ccccc6n45)nc-2c13. The number of imidazole rings is 2. The van der Waals surface area contributed by atoms with Crippen molar-refractivity contribution in [3.05, 3.63) is 243 Å². The maximum absolute atomic E-state index is 5.61. The van der Waals surface area contributed by atoms with Crippen molar-refractivity contribution >= 4 is 131 Å². The first kappa shape index (κ1) is 44.2. The molecule has 0 N–H and O–H groups in total. The Kier molecular flexibility index (Phi) is 8.44. The van der Waals surface area contributed by atoms with Crippen molar-refractivity contribution in [2.75, 3.05) is 0 Å². The summed E-state index contributed by atoms with van der Waals surface area (Å²) in [5.41, 5.74) is 19.9. The second-order valence-electron chi connectivity index (χ2n) is 22.2. The molecule has 0 radical (unpaired) electrons. The first-order chi connectivity index (χ1) is 41.7. The molecule has 0 saturated heterocycles. The summed E-state index contributed by atoms with van der Waals surface area (Å²) < 4.78 is 9.01. The molecule has 8 heterocycles. The van der Waals surface area contributed by atoms with Gasteiger partial charge in [-0.05, 0) is 86.9 Å². The van der Waals surface area contributed by atoms with Crippen LogP contribution in [0.2, 0.25) is 0 Å². The van der Waals surface area contributed by atoms with E-state index in [1.165, 1.54) is 21.9 Å². The lowest BCUT2D eigenvalue weighted by atomic mass is 9.97. The van der Waals surface area contributed by atoms with Crippen molar-refractivity contribution in [3.63, 3.8) is 0 Å². The molecule has 0 unspecified atom stereocenters. The summed E-state index contributed by atoms with van der Waals surface area (Å²) in [4.78, 5) is 33.0. The maximum Gasteiger partial charge on any atom is 0.237 e. The van der Waals surface area contributed by atoms with Crippen molar-refractivity contribution in [3.8, 4) is 56.7 Å². The summed E-state index contributed by atoms with van der Waals surface area (Å²) in [6.45, 7) is 0. The summed E-state index contributed by atoms with van der Waals surface area (Å²) in [5.74, 6) is 1.17. The smallest absolute Gasteiger partial charge is 0.237 e. The number of rotatable bonds is 4. The number of aromatic nitrogens is 10. The minimum absolute atomic E-state index is 0.564. The molecule has 11 aromatic carbocycles. The molecule has 1 aliphatic rings. The number of fused-ring (bicyclic) bond motifs is 26. The van der Waals surface area contributed by atoms with Crippen LogP contribution in [0.5, 0.6) is 0 Å². The Morgan fingerprint density at radius 3 is 1.46 bits per heavy atom. The van der Waals surface area contributed by atoms with Gasteiger partial charge in [-0.25, -0.2) is 29.9 Å². The molecule has 1 aliphatic carbocycles. The molecule has 0 saturated carbocycles. The highest BCUT2D eigenvalue weighted by molar-refractivity contribution is 6.20. The first-order valence-corrected chi connectivity index (χ1v) is 28.4. The van der Waals surface area contributed by atoms with Crippen molar-refractivity contribution in [2.24, 2.45) is 0 Å². The lowest BCUT2D eigenvalue weighted by Crippen LogP contribution is -2.04. The van der Waals surface area contributed by atoms with Crippen LogP contribution in [0, 0.1) is 0 Å². The fourth-order valence-corrected chi connectivity index (χ4v) is 14.3. The molecule has 0 aliphatic heterocycles. The lowest BCUT2D eigenvalue weighted by Gasteiger charge is -2.13. The first-order valence-electron chi connectivity index (χ1n) is 28.4. The number of hydrogen-bond acceptors (Lipinski definition) is 6. The van der Waals surface area contributed by atoms with E-state index in [4.69, 9.17) is 29.9 Å². The Labute approximate surface area is 476 Å². The Balaban J connectivity index is 0.764. The lowest BCUT2D eigenvalue weighted by molar-refractivity contribution is 1.00. The highest BCUT2D eigenvalue weighted by Crippen LogP contribution is 2.47. The van der Waals surface area contributed by atoms with Gasteiger partial charge in [0.05, 0.1) is 44.5 Å². The molecular formula is C74H40N10. The fourth-order valence-electron chi connectivity index (χ4n) is 14.3. The van der Waals surface area contributed by atoms with Gasteiger partial charge in [0.1, 0.15) is 22.3 Å². The Morgan fingerprint density at radius 2 is 0.762 bits per heavy atom. The minimum atomic E-state index is 0.564. The molecule has 386 valence electrons. The van der Waals surface area contributed by atoms with Gasteiger partial charge in [-0.3, -0.25) is 17.9 Å². The molecule has 0 spiro atoms. The van der Waals surface area contributed by atoms with Crippen LogP contribution in [0.4, 0.5) is 0 Å². The third kappa shape index (κ3) is 5.72. The number of pyridine rings is 2. The van der Waals surface area contributed by atoms with Gasteiger partial charge in [0, 0.05) is 59.6 Å². The predicted molar refractivity (Wildman–Crippen MR) is 342 cm³/mol. The Hall–Kier alpha value is -11.6. The van der Waals surface area contributed by atoms with Crippen molar-refractivity contribution in [1.29, 1.82) is 0 Å². The quantitative estimate of drug-likeness (QED) is 0.163. The molecule has 19 aromatic rings. The topological polar surface area (TPSA) is 96.0 Å². The van der Waals surface area contributed by atoms with E-state index in [0.717, 1.165) is 154 Å². The fraction of sp³-hybridized carbons (Fsp3) is 0. The van der Waals surface area contributed by atoms with E-state index in [2.05, 4.69) is 261 Å². The molecule has 8 aromatic heterocycles. The van der Waals surface area contributed by atoms with Gasteiger partial charge in [-0.1, -0.05) is 194 Å². The standard InChI is InChI=1S/C74H40N10/c1-2-17-45-42(16-1)36-39-56-64(76-74(77-65(45)56)84-62-31-14-10-25-55(62)68-72(84)79-69-52-23-6-4-18-46(52)48-20-7-11-28-59(48)81(68)69)43-34-32-41(33-35-43)44-37-38-53-57(40-44)49-21-8-12-29-60(49)82-67-54-24-9-13-30-61(54)83(71(67)80-70(53)82)73-75-58-27-15-26-50-47-19-3-5-22-51(47)66(78-73)63(50)58/h1-40H. The maximum atomic E-state index is 5.61. The summed E-state index contributed by atoms with van der Waals surface area (Å²) in [5, 5.41) is 13.2. The number of para-hydroxylation sites is 4. The third-order valence-electron chi connectivity index (χ3n) is 17.9. The molecular weight excluding hydrogens is 1030 g/mol. The van der Waals surface area contributed by atoms with Gasteiger partial charge in [-0.2, -0.15) is 0 Å². The van der Waals surface area contributed by atoms with Crippen LogP contribution < -0.4 is 0 Å². The van der Waals surface area contributed by atoms with Crippen LogP contribution in [-0.4, -0.2) is 47.8 Å². The van der Waals surface area contributed by atoms with Crippen LogP contribution in [0.1, 0.15) is 0 Å². The van der Waals surface area contributed by atoms with Gasteiger partial charge < -0.3 is 0 Å². The van der Waals surface area contributed by atoms with Crippen LogP contribution in [0.25, 0.3) is 188 Å². The molecule has 0 bridgehead atoms. The highest BCUT2D eigenvalue weighted by atomic mass is 15.2. The van der Waals surface area contributed by atoms with Crippen molar-refractivity contribution in [2.45, 2.75) is 0 Å². The molecule has 10 heteroatoms. The van der Waals surface area contributed by atoms with Gasteiger partial charge in [0.25, 0.3) is 0 Å². The monoisotopic (exact) mass is 1070 g/mol. The van der Waals surface area contributed by atoms with Gasteiger partial charge in [0.2, 0.25) is 11.9 Å². The highest BCUT2D eigenvalue weighted by Gasteiger charge is 2.29. The summed E-state index contributed by atoms with van der Waals surface area (Å²) in [7, 11) is 0. The molecule has 0 fully saturated rings. The van der Waals surface area contributed by atoms with Crippen LogP contribution >= 0.6 is 0 Å². The molecule has 20 rings (SSSR count). The third-order valence-corrected chi connectivity index (χ3v) is 17.9. The average molecular weight is 1070 g/mol. The second kappa shape index (κ2) is 16.1. The minimum Gasteiger partial charge on any atom is -0.289 e. The molecule has 84 heavy (non-hydrogen) atoms. The Morgan fingerprint density at radius 1 is 0.262 bits per heavy atom. The van der Waals surface area contributed by atoms with E-state index in [0.29, 0.717) is 11.9 Å². The zero-order valence-corrected chi connectivity index (χ0v) is 44.6. The van der Waals surface area contributed by atoms with E-state index < -0.39 is 0 Å². The number of hydrogen-bond donors (Lipinski definition) is 0. The molecule has 0 atom stereocenters. The summed E-state index contributed by atoms with van der Waals surface area (Å²) in [6.07, 6.45) is 0. The summed E-state index contributed by atoms with van der Waals surface area (Å²) >= 11 is 0. The van der Waals surface area contributed by atoms with Crippen LogP contribution in [-0.2, 0) is 0 Å². The van der Waals surface area contributed by atoms with Crippen LogP contribution in [0.15, 0.2) is 243 Å². The van der Waals surface area contributed by atoms with Gasteiger partial charge in [-0.15, -0.1) is 0 Å². The second-order valence-corrected chi connectivity index (χ2v) is 22.2. The van der Waals surface area contributed by atoms with E-state index in [1.807, 2.05) is 0 Å². The predicted octanol–water partition coefficient (Wildman–Crippen LogP) is 17.8.